The predicted octanol–water partition coefficient (Wildman–Crippen LogP) is 1.15. The Labute approximate surface area is 98.0 Å². The number of hydrogen-bond acceptors (Lipinski definition) is 7. The minimum Gasteiger partial charge on any atom is -0.493 e. The Morgan fingerprint density at radius 2 is 2.33 bits per heavy atom. The van der Waals surface area contributed by atoms with Crippen molar-refractivity contribution in [3.8, 4) is 5.88 Å². The van der Waals surface area contributed by atoms with Gasteiger partial charge in [-0.3, -0.25) is 4.79 Å². The summed E-state index contributed by atoms with van der Waals surface area (Å²) in [6.45, 7) is 0. The number of amides is 1. The van der Waals surface area contributed by atoms with Crippen molar-refractivity contribution in [2.45, 2.75) is 9.74 Å². The number of thioether (sulfide) groups is 1. The highest BCUT2D eigenvalue weighted by Crippen LogP contribution is 2.65. The molecule has 0 atom stereocenters. The molecule has 5 nitrogen and oxygen atoms in total. The fourth-order valence-electron chi connectivity index (χ4n) is 0.878. The molecule has 0 unspecified atom stereocenters. The average Bonchev–Trinajstić information content (AvgIpc) is 2.97. The van der Waals surface area contributed by atoms with E-state index in [1.54, 1.807) is 21.6 Å². The highest BCUT2D eigenvalue weighted by Gasteiger charge is 2.29. The van der Waals surface area contributed by atoms with Gasteiger partial charge in [-0.05, 0) is 0 Å². The summed E-state index contributed by atoms with van der Waals surface area (Å²) >= 11 is 1.13. The first-order valence-electron chi connectivity index (χ1n) is 3.96. The molecule has 0 radical (unpaired) electrons. The SMILES string of the molecule is NC(=O)CSc1nc(O)cc(C2SS2)n1. The van der Waals surface area contributed by atoms with E-state index in [4.69, 9.17) is 5.73 Å². The van der Waals surface area contributed by atoms with Crippen LogP contribution in [0.3, 0.4) is 0 Å². The minimum atomic E-state index is -0.427. The van der Waals surface area contributed by atoms with E-state index in [9.17, 15) is 9.90 Å². The molecule has 0 aliphatic carbocycles. The van der Waals surface area contributed by atoms with Gasteiger partial charge in [-0.15, -0.1) is 0 Å². The third kappa shape index (κ3) is 3.18. The number of carbonyl (C=O) groups is 1. The molecule has 80 valence electrons. The van der Waals surface area contributed by atoms with Crippen LogP contribution < -0.4 is 5.73 Å². The second kappa shape index (κ2) is 4.50. The Hall–Kier alpha value is -0.600. The van der Waals surface area contributed by atoms with Crippen LogP contribution >= 0.6 is 33.3 Å². The van der Waals surface area contributed by atoms with Crippen LogP contribution in [-0.4, -0.2) is 26.7 Å². The molecule has 0 bridgehead atoms. The Morgan fingerprint density at radius 3 is 2.93 bits per heavy atom. The lowest BCUT2D eigenvalue weighted by Gasteiger charge is -2.01. The minimum absolute atomic E-state index is 0.0694. The molecule has 1 saturated heterocycles. The molecular formula is C7H7N3O2S3. The van der Waals surface area contributed by atoms with E-state index in [0.717, 1.165) is 17.5 Å². The van der Waals surface area contributed by atoms with E-state index in [1.165, 1.54) is 6.07 Å². The van der Waals surface area contributed by atoms with E-state index in [2.05, 4.69) is 9.97 Å². The zero-order valence-electron chi connectivity index (χ0n) is 7.41. The van der Waals surface area contributed by atoms with Crippen molar-refractivity contribution in [1.82, 2.24) is 9.97 Å². The average molecular weight is 261 g/mol. The van der Waals surface area contributed by atoms with Gasteiger partial charge in [0, 0.05) is 6.07 Å². The van der Waals surface area contributed by atoms with Crippen LogP contribution in [-0.2, 0) is 4.79 Å². The Bertz CT molecular complexity index is 397. The monoisotopic (exact) mass is 261 g/mol. The largest absolute Gasteiger partial charge is 0.493 e. The number of primary amides is 1. The second-order valence-electron chi connectivity index (χ2n) is 2.71. The third-order valence-electron chi connectivity index (χ3n) is 1.49. The van der Waals surface area contributed by atoms with Gasteiger partial charge in [-0.1, -0.05) is 33.3 Å². The van der Waals surface area contributed by atoms with E-state index in [-0.39, 0.29) is 16.2 Å². The maximum absolute atomic E-state index is 10.6. The maximum atomic E-state index is 10.6. The first-order valence-corrected chi connectivity index (χ1v) is 7.22. The Kier molecular flexibility index (Phi) is 3.27. The summed E-state index contributed by atoms with van der Waals surface area (Å²) < 4.78 is 0.284. The summed E-state index contributed by atoms with van der Waals surface area (Å²) in [7, 11) is 3.36. The number of aromatic hydroxyl groups is 1. The molecule has 1 aliphatic rings. The first kappa shape index (κ1) is 10.9. The maximum Gasteiger partial charge on any atom is 0.227 e. The van der Waals surface area contributed by atoms with E-state index in [0.29, 0.717) is 5.16 Å². The Morgan fingerprint density at radius 1 is 1.60 bits per heavy atom. The molecule has 1 aromatic heterocycles. The van der Waals surface area contributed by atoms with Crippen LogP contribution in [0, 0.1) is 0 Å². The van der Waals surface area contributed by atoms with Crippen LogP contribution in [0.1, 0.15) is 10.3 Å². The van der Waals surface area contributed by atoms with Crippen LogP contribution in [0.15, 0.2) is 11.2 Å². The molecule has 0 saturated carbocycles. The summed E-state index contributed by atoms with van der Waals surface area (Å²) in [6.07, 6.45) is 0. The van der Waals surface area contributed by atoms with Crippen molar-refractivity contribution in [1.29, 1.82) is 0 Å². The van der Waals surface area contributed by atoms with Gasteiger partial charge in [0.2, 0.25) is 11.8 Å². The van der Waals surface area contributed by atoms with Gasteiger partial charge in [0.1, 0.15) is 4.58 Å². The summed E-state index contributed by atoms with van der Waals surface area (Å²) in [5, 5.41) is 9.72. The molecule has 8 heteroatoms. The number of nitrogens with zero attached hydrogens (tertiary/aromatic N) is 2. The summed E-state index contributed by atoms with van der Waals surface area (Å²) in [5.41, 5.74) is 5.78. The standard InChI is InChI=1S/C7H7N3O2S3/c8-4(11)2-13-7-9-3(6-14-15-6)1-5(12)10-7/h1,6H,2H2,(H2,8,11)(H,9,10,12). The van der Waals surface area contributed by atoms with E-state index >= 15 is 0 Å². The molecule has 2 rings (SSSR count). The van der Waals surface area contributed by atoms with Gasteiger partial charge in [0.05, 0.1) is 11.4 Å². The van der Waals surface area contributed by atoms with E-state index in [1.807, 2.05) is 0 Å². The van der Waals surface area contributed by atoms with Crippen molar-refractivity contribution < 1.29 is 9.90 Å². The zero-order valence-corrected chi connectivity index (χ0v) is 9.86. The highest BCUT2D eigenvalue weighted by molar-refractivity contribution is 8.92. The fraction of sp³-hybridized carbons (Fsp3) is 0.286. The highest BCUT2D eigenvalue weighted by atomic mass is 33.2. The smallest absolute Gasteiger partial charge is 0.227 e. The normalized spacial score (nSPS) is 15.2. The lowest BCUT2D eigenvalue weighted by Crippen LogP contribution is -2.13. The molecule has 1 aliphatic heterocycles. The van der Waals surface area contributed by atoms with Crippen LogP contribution in [0.4, 0.5) is 0 Å². The van der Waals surface area contributed by atoms with Crippen LogP contribution in [0.5, 0.6) is 5.88 Å². The summed E-state index contributed by atoms with van der Waals surface area (Å²) in [4.78, 5) is 18.6. The lowest BCUT2D eigenvalue weighted by atomic mass is 10.4. The van der Waals surface area contributed by atoms with E-state index < -0.39 is 5.91 Å². The van der Waals surface area contributed by atoms with Crippen molar-refractivity contribution in [3.63, 3.8) is 0 Å². The second-order valence-corrected chi connectivity index (χ2v) is 6.44. The van der Waals surface area contributed by atoms with Gasteiger partial charge in [0.25, 0.3) is 0 Å². The number of aromatic nitrogens is 2. The zero-order chi connectivity index (χ0) is 10.8. The Balaban J connectivity index is 2.12. The van der Waals surface area contributed by atoms with Crippen molar-refractivity contribution >= 4 is 39.3 Å². The molecular weight excluding hydrogens is 254 g/mol. The molecule has 1 aromatic rings. The molecule has 1 amide bonds. The number of rotatable bonds is 4. The topological polar surface area (TPSA) is 89.1 Å². The lowest BCUT2D eigenvalue weighted by molar-refractivity contribution is -0.115. The molecule has 0 aromatic carbocycles. The molecule has 3 N–H and O–H groups in total. The molecule has 0 spiro atoms. The van der Waals surface area contributed by atoms with Crippen molar-refractivity contribution in [2.75, 3.05) is 5.75 Å². The van der Waals surface area contributed by atoms with Gasteiger partial charge < -0.3 is 10.8 Å². The summed E-state index contributed by atoms with van der Waals surface area (Å²) in [6, 6.07) is 1.53. The molecule has 15 heavy (non-hydrogen) atoms. The van der Waals surface area contributed by atoms with Gasteiger partial charge in [-0.2, -0.15) is 4.98 Å². The predicted molar refractivity (Wildman–Crippen MR) is 61.5 cm³/mol. The first-order chi connectivity index (χ1) is 7.15. The number of hydrogen-bond donors (Lipinski definition) is 2. The molecule has 1 fully saturated rings. The van der Waals surface area contributed by atoms with Crippen LogP contribution in [0.25, 0.3) is 0 Å². The third-order valence-corrected chi connectivity index (χ3v) is 4.38. The van der Waals surface area contributed by atoms with Crippen molar-refractivity contribution in [2.24, 2.45) is 5.73 Å². The quantitative estimate of drug-likeness (QED) is 0.364. The molecule has 2 heterocycles. The number of carbonyl (C=O) groups excluding carboxylic acids is 1. The fourth-order valence-corrected chi connectivity index (χ4v) is 2.73. The van der Waals surface area contributed by atoms with Crippen molar-refractivity contribution in [3.05, 3.63) is 11.8 Å². The van der Waals surface area contributed by atoms with Gasteiger partial charge in [-0.25, -0.2) is 4.98 Å². The van der Waals surface area contributed by atoms with Gasteiger partial charge in [0.15, 0.2) is 5.16 Å². The summed E-state index contributed by atoms with van der Waals surface area (Å²) in [5.74, 6) is -0.378. The van der Waals surface area contributed by atoms with Crippen LogP contribution in [0.2, 0.25) is 0 Å². The van der Waals surface area contributed by atoms with Gasteiger partial charge >= 0.3 is 0 Å². The number of nitrogens with two attached hydrogens (primary N) is 1.